The molecule has 4 nitrogen and oxygen atoms in total. The van der Waals surface area contributed by atoms with Crippen molar-refractivity contribution >= 4 is 17.2 Å². The maximum absolute atomic E-state index is 11.4. The number of hydrogen-bond donors (Lipinski definition) is 1. The Morgan fingerprint density at radius 2 is 2.44 bits per heavy atom. The summed E-state index contributed by atoms with van der Waals surface area (Å²) in [5.41, 5.74) is 0.679. The molecular formula is C11H15N3OS. The van der Waals surface area contributed by atoms with Crippen LogP contribution in [0.2, 0.25) is 0 Å². The zero-order valence-corrected chi connectivity index (χ0v) is 10.3. The van der Waals surface area contributed by atoms with E-state index in [1.165, 1.54) is 11.3 Å². The molecule has 0 aliphatic heterocycles. The van der Waals surface area contributed by atoms with Crippen LogP contribution < -0.4 is 5.32 Å². The summed E-state index contributed by atoms with van der Waals surface area (Å²) in [6, 6.07) is 3.92. The fourth-order valence-corrected chi connectivity index (χ4v) is 1.92. The van der Waals surface area contributed by atoms with Gasteiger partial charge in [-0.05, 0) is 13.0 Å². The average Bonchev–Trinajstić information content (AvgIpc) is 2.75. The van der Waals surface area contributed by atoms with Crippen molar-refractivity contribution in [1.82, 2.24) is 10.2 Å². The summed E-state index contributed by atoms with van der Waals surface area (Å²) in [7, 11) is 1.78. The second-order valence-electron chi connectivity index (χ2n) is 3.42. The zero-order chi connectivity index (χ0) is 12.0. The molecule has 0 aliphatic rings. The van der Waals surface area contributed by atoms with Gasteiger partial charge in [0.25, 0.3) is 0 Å². The number of nitrogens with one attached hydrogen (secondary N) is 1. The quantitative estimate of drug-likeness (QED) is 0.837. The van der Waals surface area contributed by atoms with Gasteiger partial charge in [0.15, 0.2) is 0 Å². The number of nitriles is 1. The van der Waals surface area contributed by atoms with Crippen LogP contribution >= 0.6 is 11.3 Å². The molecule has 16 heavy (non-hydrogen) atoms. The summed E-state index contributed by atoms with van der Waals surface area (Å²) in [6.07, 6.45) is 0. The van der Waals surface area contributed by atoms with Crippen LogP contribution in [0.1, 0.15) is 17.4 Å². The molecule has 0 aromatic carbocycles. The maximum atomic E-state index is 11.4. The van der Waals surface area contributed by atoms with Gasteiger partial charge in [-0.1, -0.05) is 0 Å². The van der Waals surface area contributed by atoms with Crippen molar-refractivity contribution in [3.05, 3.63) is 21.9 Å². The third-order valence-electron chi connectivity index (χ3n) is 2.26. The molecule has 0 atom stereocenters. The average molecular weight is 237 g/mol. The summed E-state index contributed by atoms with van der Waals surface area (Å²) in [6.45, 7) is 3.63. The van der Waals surface area contributed by atoms with Crippen LogP contribution in [0.4, 0.5) is 0 Å². The highest BCUT2D eigenvalue weighted by atomic mass is 32.1. The lowest BCUT2D eigenvalue weighted by molar-refractivity contribution is -0.128. The topological polar surface area (TPSA) is 56.1 Å². The van der Waals surface area contributed by atoms with Crippen molar-refractivity contribution in [3.8, 4) is 6.07 Å². The van der Waals surface area contributed by atoms with E-state index in [1.807, 2.05) is 18.4 Å². The Kier molecular flexibility index (Phi) is 4.96. The smallest absolute Gasteiger partial charge is 0.236 e. The number of rotatable bonds is 5. The molecule has 0 spiro atoms. The van der Waals surface area contributed by atoms with Gasteiger partial charge in [0.1, 0.15) is 6.07 Å². The fraction of sp³-hybridized carbons (Fsp3) is 0.455. The van der Waals surface area contributed by atoms with E-state index < -0.39 is 0 Å². The Morgan fingerprint density at radius 3 is 3.00 bits per heavy atom. The van der Waals surface area contributed by atoms with Gasteiger partial charge in [-0.3, -0.25) is 4.79 Å². The zero-order valence-electron chi connectivity index (χ0n) is 9.49. The Labute approximate surface area is 99.5 Å². The first-order valence-electron chi connectivity index (χ1n) is 5.09. The lowest BCUT2D eigenvalue weighted by Gasteiger charge is -2.14. The van der Waals surface area contributed by atoms with Crippen LogP contribution in [0.25, 0.3) is 0 Å². The second-order valence-corrected chi connectivity index (χ2v) is 4.42. The molecule has 0 bridgehead atoms. The first-order valence-corrected chi connectivity index (χ1v) is 5.97. The van der Waals surface area contributed by atoms with Gasteiger partial charge in [-0.15, -0.1) is 11.3 Å². The van der Waals surface area contributed by atoms with E-state index in [2.05, 4.69) is 11.4 Å². The van der Waals surface area contributed by atoms with E-state index in [1.54, 1.807) is 11.9 Å². The molecule has 0 saturated carbocycles. The molecule has 0 saturated heterocycles. The van der Waals surface area contributed by atoms with E-state index in [0.29, 0.717) is 18.7 Å². The predicted octanol–water partition coefficient (Wildman–Crippen LogP) is 1.19. The molecule has 1 amide bonds. The Bertz CT molecular complexity index is 394. The number of nitrogens with zero attached hydrogens (tertiary/aromatic N) is 2. The van der Waals surface area contributed by atoms with Gasteiger partial charge in [0, 0.05) is 30.4 Å². The minimum absolute atomic E-state index is 0.0829. The standard InChI is InChI=1S/C11H15N3OS/c1-3-14(2)11(15)7-13-6-10-4-9(5-12)8-16-10/h4,8,13H,3,6-7H2,1-2H3. The van der Waals surface area contributed by atoms with Gasteiger partial charge >= 0.3 is 0 Å². The molecule has 0 radical (unpaired) electrons. The molecule has 5 heteroatoms. The Balaban J connectivity index is 2.31. The van der Waals surface area contributed by atoms with Crippen LogP contribution in [0.3, 0.4) is 0 Å². The molecule has 1 aromatic heterocycles. The highest BCUT2D eigenvalue weighted by molar-refractivity contribution is 7.10. The lowest BCUT2D eigenvalue weighted by atomic mass is 10.3. The van der Waals surface area contributed by atoms with Crippen molar-refractivity contribution in [3.63, 3.8) is 0 Å². The number of likely N-dealkylation sites (N-methyl/N-ethyl adjacent to an activating group) is 1. The van der Waals surface area contributed by atoms with E-state index >= 15 is 0 Å². The number of amides is 1. The summed E-state index contributed by atoms with van der Waals surface area (Å²) in [5, 5.41) is 13.5. The highest BCUT2D eigenvalue weighted by Crippen LogP contribution is 2.12. The molecule has 86 valence electrons. The summed E-state index contributed by atoms with van der Waals surface area (Å²) < 4.78 is 0. The van der Waals surface area contributed by atoms with E-state index in [9.17, 15) is 4.79 Å². The normalized spacial score (nSPS) is 9.81. The first kappa shape index (κ1) is 12.7. The molecule has 1 rings (SSSR count). The maximum Gasteiger partial charge on any atom is 0.236 e. The van der Waals surface area contributed by atoms with E-state index in [-0.39, 0.29) is 5.91 Å². The molecule has 0 unspecified atom stereocenters. The summed E-state index contributed by atoms with van der Waals surface area (Å²) in [5.74, 6) is 0.0829. The highest BCUT2D eigenvalue weighted by Gasteiger charge is 2.05. The SMILES string of the molecule is CCN(C)C(=O)CNCc1cc(C#N)cs1. The number of thiophene rings is 1. The number of carbonyl (C=O) groups is 1. The fourth-order valence-electron chi connectivity index (χ4n) is 1.14. The van der Waals surface area contributed by atoms with Crippen LogP contribution in [0, 0.1) is 11.3 Å². The third kappa shape index (κ3) is 3.65. The monoisotopic (exact) mass is 237 g/mol. The van der Waals surface area contributed by atoms with Gasteiger partial charge in [-0.2, -0.15) is 5.26 Å². The minimum Gasteiger partial charge on any atom is -0.345 e. The molecule has 0 aliphatic carbocycles. The van der Waals surface area contributed by atoms with Gasteiger partial charge in [0.05, 0.1) is 12.1 Å². The van der Waals surface area contributed by atoms with E-state index in [4.69, 9.17) is 5.26 Å². The second kappa shape index (κ2) is 6.26. The number of hydrogen-bond acceptors (Lipinski definition) is 4. The van der Waals surface area contributed by atoms with Crippen molar-refractivity contribution in [2.45, 2.75) is 13.5 Å². The summed E-state index contributed by atoms with van der Waals surface area (Å²) in [4.78, 5) is 14.2. The Hall–Kier alpha value is -1.38. The van der Waals surface area contributed by atoms with Crippen molar-refractivity contribution in [1.29, 1.82) is 5.26 Å². The molecule has 1 heterocycles. The van der Waals surface area contributed by atoms with Gasteiger partial charge < -0.3 is 10.2 Å². The number of carbonyl (C=O) groups excluding carboxylic acids is 1. The van der Waals surface area contributed by atoms with Crippen molar-refractivity contribution < 1.29 is 4.79 Å². The first-order chi connectivity index (χ1) is 7.67. The lowest BCUT2D eigenvalue weighted by Crippen LogP contribution is -2.34. The summed E-state index contributed by atoms with van der Waals surface area (Å²) >= 11 is 1.53. The van der Waals surface area contributed by atoms with Gasteiger partial charge in [0.2, 0.25) is 5.91 Å². The van der Waals surface area contributed by atoms with Gasteiger partial charge in [-0.25, -0.2) is 0 Å². The van der Waals surface area contributed by atoms with Crippen LogP contribution in [-0.4, -0.2) is 30.9 Å². The predicted molar refractivity (Wildman–Crippen MR) is 64.1 cm³/mol. The molecule has 1 N–H and O–H groups in total. The van der Waals surface area contributed by atoms with E-state index in [0.717, 1.165) is 11.4 Å². The van der Waals surface area contributed by atoms with Crippen LogP contribution in [-0.2, 0) is 11.3 Å². The van der Waals surface area contributed by atoms with Crippen LogP contribution in [0.5, 0.6) is 0 Å². The Morgan fingerprint density at radius 1 is 1.69 bits per heavy atom. The van der Waals surface area contributed by atoms with Crippen molar-refractivity contribution in [2.24, 2.45) is 0 Å². The molecule has 1 aromatic rings. The minimum atomic E-state index is 0.0829. The van der Waals surface area contributed by atoms with Crippen LogP contribution in [0.15, 0.2) is 11.4 Å². The molecular weight excluding hydrogens is 222 g/mol. The third-order valence-corrected chi connectivity index (χ3v) is 3.20. The van der Waals surface area contributed by atoms with Crippen molar-refractivity contribution in [2.75, 3.05) is 20.1 Å². The molecule has 0 fully saturated rings. The largest absolute Gasteiger partial charge is 0.345 e.